The van der Waals surface area contributed by atoms with Crippen molar-refractivity contribution >= 4 is 61.4 Å². The maximum atomic E-state index is 5.99. The molecule has 138 valence electrons. The number of fused-ring (bicyclic) bond motifs is 1. The molecule has 0 aliphatic rings. The summed E-state index contributed by atoms with van der Waals surface area (Å²) < 4.78 is 1.06. The molecular weight excluding hydrogens is 413 g/mol. The summed E-state index contributed by atoms with van der Waals surface area (Å²) in [4.78, 5) is 4.47. The van der Waals surface area contributed by atoms with Gasteiger partial charge in [0.05, 0.1) is 15.9 Å². The fraction of sp³-hybridized carbons (Fsp3) is 0. The van der Waals surface area contributed by atoms with Gasteiger partial charge in [-0.2, -0.15) is 5.10 Å². The second-order valence-electron chi connectivity index (χ2n) is 5.73. The van der Waals surface area contributed by atoms with E-state index in [1.54, 1.807) is 24.3 Å². The highest BCUT2D eigenvalue weighted by molar-refractivity contribution is 7.21. The summed E-state index contributed by atoms with van der Waals surface area (Å²) >= 11 is 13.4. The van der Waals surface area contributed by atoms with Crippen LogP contribution >= 0.6 is 34.5 Å². The molecule has 5 nitrogen and oxygen atoms in total. The molecule has 0 aliphatic carbocycles. The predicted molar refractivity (Wildman–Crippen MR) is 117 cm³/mol. The van der Waals surface area contributed by atoms with Gasteiger partial charge in [-0.3, -0.25) is 5.43 Å². The molecular formula is C20H13Cl2N5S. The van der Waals surface area contributed by atoms with E-state index in [1.165, 1.54) is 11.3 Å². The van der Waals surface area contributed by atoms with Gasteiger partial charge in [0.2, 0.25) is 11.0 Å². The number of thiazole rings is 1. The Bertz CT molecular complexity index is 1120. The second kappa shape index (κ2) is 8.48. The van der Waals surface area contributed by atoms with E-state index in [-0.39, 0.29) is 0 Å². The van der Waals surface area contributed by atoms with E-state index in [2.05, 4.69) is 25.7 Å². The molecule has 1 aromatic heterocycles. The number of aromatic nitrogens is 1. The van der Waals surface area contributed by atoms with Crippen LogP contribution in [0.5, 0.6) is 0 Å². The minimum absolute atomic E-state index is 0.408. The molecule has 0 saturated carbocycles. The molecule has 0 unspecified atom stereocenters. The molecule has 0 saturated heterocycles. The van der Waals surface area contributed by atoms with Gasteiger partial charge in [0.25, 0.3) is 0 Å². The molecule has 0 aliphatic heterocycles. The monoisotopic (exact) mass is 425 g/mol. The van der Waals surface area contributed by atoms with Crippen molar-refractivity contribution < 1.29 is 0 Å². The van der Waals surface area contributed by atoms with E-state index < -0.39 is 0 Å². The third-order valence-corrected chi connectivity index (χ3v) is 5.18. The van der Waals surface area contributed by atoms with E-state index in [0.717, 1.165) is 21.5 Å². The first-order chi connectivity index (χ1) is 13.7. The minimum Gasteiger partial charge on any atom is -0.276 e. The molecule has 4 aromatic rings. The number of amidine groups is 1. The van der Waals surface area contributed by atoms with Gasteiger partial charge in [0.1, 0.15) is 0 Å². The van der Waals surface area contributed by atoms with Gasteiger partial charge in [-0.05, 0) is 60.7 Å². The van der Waals surface area contributed by atoms with E-state index in [9.17, 15) is 0 Å². The Labute approximate surface area is 175 Å². The van der Waals surface area contributed by atoms with Crippen LogP contribution < -0.4 is 5.43 Å². The molecule has 3 aromatic carbocycles. The van der Waals surface area contributed by atoms with E-state index in [1.807, 2.05) is 48.5 Å². The zero-order valence-electron chi connectivity index (χ0n) is 14.4. The number of para-hydroxylation sites is 1. The highest BCUT2D eigenvalue weighted by Gasteiger charge is 2.06. The van der Waals surface area contributed by atoms with Gasteiger partial charge in [-0.1, -0.05) is 46.7 Å². The van der Waals surface area contributed by atoms with Crippen LogP contribution in [0.15, 0.2) is 88.1 Å². The summed E-state index contributed by atoms with van der Waals surface area (Å²) in [6.07, 6.45) is 0. The highest BCUT2D eigenvalue weighted by Crippen LogP contribution is 2.28. The van der Waals surface area contributed by atoms with E-state index in [0.29, 0.717) is 21.0 Å². The summed E-state index contributed by atoms with van der Waals surface area (Å²) in [7, 11) is 0. The molecule has 1 heterocycles. The molecule has 4 rings (SSSR count). The largest absolute Gasteiger partial charge is 0.276 e. The number of halogens is 2. The first-order valence-electron chi connectivity index (χ1n) is 8.30. The van der Waals surface area contributed by atoms with Crippen LogP contribution in [0.1, 0.15) is 5.56 Å². The molecule has 8 heteroatoms. The Morgan fingerprint density at radius 3 is 2.25 bits per heavy atom. The summed E-state index contributed by atoms with van der Waals surface area (Å²) in [6, 6.07) is 22.3. The highest BCUT2D eigenvalue weighted by atomic mass is 35.5. The van der Waals surface area contributed by atoms with E-state index >= 15 is 0 Å². The quantitative estimate of drug-likeness (QED) is 0.163. The first kappa shape index (κ1) is 18.6. The van der Waals surface area contributed by atoms with Crippen LogP contribution in [0.4, 0.5) is 10.8 Å². The molecule has 0 fully saturated rings. The zero-order valence-corrected chi connectivity index (χ0v) is 16.7. The average molecular weight is 426 g/mol. The molecule has 0 radical (unpaired) electrons. The Hall–Kier alpha value is -2.80. The van der Waals surface area contributed by atoms with Gasteiger partial charge < -0.3 is 0 Å². The molecule has 0 spiro atoms. The number of nitrogens with zero attached hydrogens (tertiary/aromatic N) is 4. The van der Waals surface area contributed by atoms with Crippen LogP contribution in [0.3, 0.4) is 0 Å². The third-order valence-electron chi connectivity index (χ3n) is 3.75. The number of hydrogen-bond donors (Lipinski definition) is 1. The summed E-state index contributed by atoms with van der Waals surface area (Å²) in [5, 5.41) is 14.8. The van der Waals surface area contributed by atoms with Crippen molar-refractivity contribution in [3.05, 3.63) is 88.4 Å². The van der Waals surface area contributed by atoms with Crippen LogP contribution in [0, 0.1) is 0 Å². The number of rotatable bonds is 4. The molecule has 1 N–H and O–H groups in total. The number of azo groups is 1. The summed E-state index contributed by atoms with van der Waals surface area (Å²) in [5.41, 5.74) is 5.42. The smallest absolute Gasteiger partial charge is 0.231 e. The van der Waals surface area contributed by atoms with Crippen molar-refractivity contribution in [3.8, 4) is 0 Å². The van der Waals surface area contributed by atoms with Crippen LogP contribution in [0.25, 0.3) is 10.2 Å². The second-order valence-corrected chi connectivity index (χ2v) is 7.61. The summed E-state index contributed by atoms with van der Waals surface area (Å²) in [5.74, 6) is 0.408. The first-order valence-corrected chi connectivity index (χ1v) is 9.87. The molecule has 28 heavy (non-hydrogen) atoms. The Balaban J connectivity index is 1.64. The molecule has 0 atom stereocenters. The van der Waals surface area contributed by atoms with Crippen molar-refractivity contribution in [1.29, 1.82) is 0 Å². The Morgan fingerprint density at radius 1 is 0.857 bits per heavy atom. The Kier molecular flexibility index (Phi) is 5.62. The third kappa shape index (κ3) is 4.54. The number of benzene rings is 3. The van der Waals surface area contributed by atoms with Crippen molar-refractivity contribution in [2.24, 2.45) is 15.3 Å². The average Bonchev–Trinajstić information content (AvgIpc) is 3.13. The van der Waals surface area contributed by atoms with Gasteiger partial charge in [0.15, 0.2) is 0 Å². The number of hydrogen-bond acceptors (Lipinski definition) is 5. The van der Waals surface area contributed by atoms with E-state index in [4.69, 9.17) is 23.2 Å². The van der Waals surface area contributed by atoms with Crippen LogP contribution in [0.2, 0.25) is 10.0 Å². The van der Waals surface area contributed by atoms with Crippen molar-refractivity contribution in [2.45, 2.75) is 0 Å². The number of anilines is 1. The normalized spacial score (nSPS) is 12.0. The zero-order chi connectivity index (χ0) is 19.3. The van der Waals surface area contributed by atoms with Gasteiger partial charge in [-0.25, -0.2) is 4.98 Å². The fourth-order valence-corrected chi connectivity index (χ4v) is 3.42. The van der Waals surface area contributed by atoms with Gasteiger partial charge >= 0.3 is 0 Å². The summed E-state index contributed by atoms with van der Waals surface area (Å²) in [6.45, 7) is 0. The molecule has 0 amide bonds. The predicted octanol–water partition coefficient (Wildman–Crippen LogP) is 7.16. The van der Waals surface area contributed by atoms with Crippen molar-refractivity contribution in [2.75, 3.05) is 5.43 Å². The Morgan fingerprint density at radius 2 is 1.54 bits per heavy atom. The topological polar surface area (TPSA) is 62.0 Å². The maximum Gasteiger partial charge on any atom is 0.231 e. The van der Waals surface area contributed by atoms with Crippen molar-refractivity contribution in [3.63, 3.8) is 0 Å². The minimum atomic E-state index is 0.408. The molecule has 0 bridgehead atoms. The number of nitrogens with one attached hydrogen (secondary N) is 1. The SMILES string of the molecule is Clc1ccc(NN=C(N=Nc2nc3ccccc3s2)c2ccc(Cl)cc2)cc1. The van der Waals surface area contributed by atoms with Crippen molar-refractivity contribution in [1.82, 2.24) is 4.98 Å². The van der Waals surface area contributed by atoms with Gasteiger partial charge in [-0.15, -0.1) is 10.2 Å². The van der Waals surface area contributed by atoms with Crippen LogP contribution in [-0.2, 0) is 0 Å². The standard InChI is InChI=1S/C20H13Cl2N5S/c21-14-7-5-13(6-8-14)19(25-24-16-11-9-15(22)10-12-16)26-27-20-23-17-3-1-2-4-18(17)28-20/h1-12,24H. The fourth-order valence-electron chi connectivity index (χ4n) is 2.38. The van der Waals surface area contributed by atoms with Gasteiger partial charge in [0, 0.05) is 15.6 Å². The lowest BCUT2D eigenvalue weighted by Gasteiger charge is -2.03. The number of hydrazone groups is 1. The lowest BCUT2D eigenvalue weighted by molar-refractivity contribution is 1.21. The lowest BCUT2D eigenvalue weighted by atomic mass is 10.2. The van der Waals surface area contributed by atoms with Crippen LogP contribution in [-0.4, -0.2) is 10.8 Å². The lowest BCUT2D eigenvalue weighted by Crippen LogP contribution is -2.01. The maximum absolute atomic E-state index is 5.99.